The van der Waals surface area contributed by atoms with E-state index in [1.807, 2.05) is 0 Å². The van der Waals surface area contributed by atoms with Crippen molar-refractivity contribution < 1.29 is 0 Å². The molecule has 0 radical (unpaired) electrons. The van der Waals surface area contributed by atoms with Crippen molar-refractivity contribution in [1.82, 2.24) is 0 Å². The first-order valence-corrected chi connectivity index (χ1v) is 50.8. The van der Waals surface area contributed by atoms with E-state index in [4.69, 9.17) is 0 Å². The molecular weight excluding hydrogens is 1700 g/mol. The monoisotopic (exact) mass is 1880 g/mol. The van der Waals surface area contributed by atoms with Gasteiger partial charge >= 0.3 is 0 Å². The van der Waals surface area contributed by atoms with Gasteiger partial charge in [0.05, 0.1) is 0 Å². The minimum absolute atomic E-state index is 0.923. The van der Waals surface area contributed by atoms with Crippen molar-refractivity contribution in [3.8, 4) is 0 Å². The number of hydrogen-bond acceptors (Lipinski definition) is 0. The number of unbranched alkanes of at least 4 members (excludes halogenated alkanes) is 66. The summed E-state index contributed by atoms with van der Waals surface area (Å²) in [5.41, 5.74) is 0. The van der Waals surface area contributed by atoms with Gasteiger partial charge in [-0.15, -0.1) is 0 Å². The van der Waals surface area contributed by atoms with Gasteiger partial charge in [0, 0.05) is 19.6 Å². The molecule has 94 heavy (non-hydrogen) atoms. The van der Waals surface area contributed by atoms with Crippen molar-refractivity contribution in [2.45, 2.75) is 560 Å². The molecule has 0 aliphatic carbocycles. The first-order valence-electron chi connectivity index (χ1n) is 44.6. The van der Waals surface area contributed by atoms with Crippen molar-refractivity contribution >= 4 is 113 Å². The standard InChI is InChI=1S/C89H175I5/c1-3-5-7-9-11-13-15-25-35-45-55-65-75-85(90)77-67-57-47-37-27-17-19-29-39-49-59-69-79-87(92)81-71-61-51-41-31-21-23-33-43-53-63-73-83-89(94)84-74-64-54-44-34-24-22-32-42-52-62-72-82-88(93)80-70-60-50-40-30-20-18-28-38-48-58-68-78-86(91)76-66-56-46-36-26-16-14-12-10-8-6-4-2/h85-89H,3-84H2,1-2H3. The summed E-state index contributed by atoms with van der Waals surface area (Å²) in [6.45, 7) is 4.63. The second kappa shape index (κ2) is 87.3. The van der Waals surface area contributed by atoms with Crippen LogP contribution in [-0.2, 0) is 0 Å². The molecular formula is C89H175I5. The number of halogens is 5. The SMILES string of the molecule is CCCCCCCCCCCCCCC(I)CCCCCCCCCCCCCCC(I)CCCCCCCCCCCCCCC(I)CCCCCCCCCCCCCCC(I)CCCCCCCCCCCCCCC(I)CCCCCCCCCCCCCC. The molecule has 0 heterocycles. The Morgan fingerprint density at radius 1 is 0.106 bits per heavy atom. The molecule has 0 aliphatic heterocycles. The molecule has 4 atom stereocenters. The molecule has 0 bridgehead atoms. The topological polar surface area (TPSA) is 0 Å². The van der Waals surface area contributed by atoms with Crippen LogP contribution in [0.25, 0.3) is 0 Å². The van der Waals surface area contributed by atoms with Gasteiger partial charge in [-0.1, -0.05) is 589 Å². The lowest BCUT2D eigenvalue weighted by atomic mass is 10.0. The Balaban J connectivity index is 3.28. The van der Waals surface area contributed by atoms with Gasteiger partial charge in [-0.05, 0) is 64.2 Å². The first-order chi connectivity index (χ1) is 46.4. The zero-order valence-electron chi connectivity index (χ0n) is 64.8. The van der Waals surface area contributed by atoms with Crippen LogP contribution in [0.4, 0.5) is 0 Å². The van der Waals surface area contributed by atoms with E-state index >= 15 is 0 Å². The molecule has 0 aromatic carbocycles. The third-order valence-electron chi connectivity index (χ3n) is 21.9. The highest BCUT2D eigenvalue weighted by molar-refractivity contribution is 14.1. The van der Waals surface area contributed by atoms with Gasteiger partial charge in [0.2, 0.25) is 0 Å². The second-order valence-corrected chi connectivity index (χ2v) is 40.4. The number of hydrogen-bond donors (Lipinski definition) is 0. The van der Waals surface area contributed by atoms with Crippen molar-refractivity contribution in [2.24, 2.45) is 0 Å². The summed E-state index contributed by atoms with van der Waals surface area (Å²) in [5.74, 6) is 0. The Labute approximate surface area is 665 Å². The van der Waals surface area contributed by atoms with E-state index in [2.05, 4.69) is 127 Å². The lowest BCUT2D eigenvalue weighted by Crippen LogP contribution is -1.98. The minimum Gasteiger partial charge on any atom is -0.0826 e. The summed E-state index contributed by atoms with van der Waals surface area (Å²) in [7, 11) is 0. The van der Waals surface area contributed by atoms with Gasteiger partial charge in [-0.2, -0.15) is 0 Å². The molecule has 0 amide bonds. The maximum atomic E-state index is 2.78. The average molecular weight is 1880 g/mol. The molecule has 0 spiro atoms. The molecule has 5 heteroatoms. The maximum absolute atomic E-state index is 2.78. The summed E-state index contributed by atoms with van der Waals surface area (Å²) in [5, 5.41) is 0. The number of alkyl halides is 5. The van der Waals surface area contributed by atoms with Crippen LogP contribution in [0, 0.1) is 0 Å². The van der Waals surface area contributed by atoms with Crippen LogP contribution in [-0.4, -0.2) is 19.6 Å². The fraction of sp³-hybridized carbons (Fsp3) is 1.00. The van der Waals surface area contributed by atoms with E-state index < -0.39 is 0 Å². The van der Waals surface area contributed by atoms with Crippen LogP contribution < -0.4 is 0 Å². The zero-order valence-corrected chi connectivity index (χ0v) is 75.5. The molecule has 0 nitrogen and oxygen atoms in total. The molecule has 0 aliphatic rings. The lowest BCUT2D eigenvalue weighted by molar-refractivity contribution is 0.514. The van der Waals surface area contributed by atoms with E-state index in [1.165, 1.54) is 527 Å². The fourth-order valence-electron chi connectivity index (χ4n) is 15.1. The highest BCUT2D eigenvalue weighted by Crippen LogP contribution is 2.27. The molecule has 0 aromatic rings. The fourth-order valence-corrected chi connectivity index (χ4v) is 19.5. The molecule has 566 valence electrons. The lowest BCUT2D eigenvalue weighted by Gasteiger charge is -2.10. The second-order valence-electron chi connectivity index (χ2n) is 31.6. The van der Waals surface area contributed by atoms with Crippen LogP contribution in [0.15, 0.2) is 0 Å². The predicted octanol–water partition coefficient (Wildman–Crippen LogP) is 37.0. The Morgan fingerprint density at radius 3 is 0.245 bits per heavy atom. The van der Waals surface area contributed by atoms with E-state index in [9.17, 15) is 0 Å². The summed E-state index contributed by atoms with van der Waals surface area (Å²) < 4.78 is 4.63. The van der Waals surface area contributed by atoms with Gasteiger partial charge in [-0.3, -0.25) is 0 Å². The summed E-state index contributed by atoms with van der Waals surface area (Å²) in [6, 6.07) is 0. The van der Waals surface area contributed by atoms with E-state index in [1.54, 1.807) is 0 Å². The smallest absolute Gasteiger partial charge is 0.0110 e. The van der Waals surface area contributed by atoms with Crippen molar-refractivity contribution in [3.63, 3.8) is 0 Å². The first kappa shape index (κ1) is 97.7. The normalized spacial score (nSPS) is 13.6. The van der Waals surface area contributed by atoms with Gasteiger partial charge in [0.1, 0.15) is 0 Å². The van der Waals surface area contributed by atoms with Crippen molar-refractivity contribution in [1.29, 1.82) is 0 Å². The Kier molecular flexibility index (Phi) is 90.7. The quantitative estimate of drug-likeness (QED) is 0.0323. The molecule has 0 saturated carbocycles. The van der Waals surface area contributed by atoms with Crippen molar-refractivity contribution in [2.75, 3.05) is 0 Å². The van der Waals surface area contributed by atoms with E-state index in [-0.39, 0.29) is 0 Å². The molecule has 0 rings (SSSR count). The highest BCUT2D eigenvalue weighted by Gasteiger charge is 2.10. The van der Waals surface area contributed by atoms with Gasteiger partial charge in [0.25, 0.3) is 0 Å². The van der Waals surface area contributed by atoms with Crippen LogP contribution >= 0.6 is 113 Å². The van der Waals surface area contributed by atoms with Crippen LogP contribution in [0.1, 0.15) is 540 Å². The minimum atomic E-state index is 0.923. The van der Waals surface area contributed by atoms with E-state index in [0.29, 0.717) is 0 Å². The van der Waals surface area contributed by atoms with Crippen LogP contribution in [0.3, 0.4) is 0 Å². The average Bonchev–Trinajstić information content (AvgIpc) is 3.60. The predicted molar refractivity (Wildman–Crippen MR) is 479 cm³/mol. The highest BCUT2D eigenvalue weighted by atomic mass is 127. The third kappa shape index (κ3) is 86.3. The molecule has 0 aromatic heterocycles. The number of rotatable bonds is 86. The Bertz CT molecular complexity index is 1210. The zero-order chi connectivity index (χ0) is 67.9. The van der Waals surface area contributed by atoms with Crippen LogP contribution in [0.2, 0.25) is 0 Å². The Morgan fingerprint density at radius 2 is 0.170 bits per heavy atom. The maximum Gasteiger partial charge on any atom is 0.0110 e. The van der Waals surface area contributed by atoms with E-state index in [0.717, 1.165) is 19.6 Å². The molecule has 0 saturated heterocycles. The molecule has 4 unspecified atom stereocenters. The van der Waals surface area contributed by atoms with Gasteiger partial charge in [0.15, 0.2) is 0 Å². The summed E-state index contributed by atoms with van der Waals surface area (Å²) in [4.78, 5) is 0. The Hall–Kier alpha value is 3.65. The van der Waals surface area contributed by atoms with Gasteiger partial charge < -0.3 is 0 Å². The largest absolute Gasteiger partial charge is 0.0826 e. The van der Waals surface area contributed by atoms with Crippen molar-refractivity contribution in [3.05, 3.63) is 0 Å². The molecule has 0 fully saturated rings. The third-order valence-corrected chi connectivity index (χ3v) is 28.1. The summed E-state index contributed by atoms with van der Waals surface area (Å²) in [6.07, 6.45) is 121. The van der Waals surface area contributed by atoms with Crippen LogP contribution in [0.5, 0.6) is 0 Å². The molecule has 0 N–H and O–H groups in total. The summed E-state index contributed by atoms with van der Waals surface area (Å²) >= 11 is 13.9. The van der Waals surface area contributed by atoms with Gasteiger partial charge in [-0.25, -0.2) is 0 Å².